The quantitative estimate of drug-likeness (QED) is 0.291. The monoisotopic (exact) mass is 418 g/mol. The van der Waals surface area contributed by atoms with Crippen LogP contribution in [0.4, 0.5) is 0 Å². The van der Waals surface area contributed by atoms with Crippen molar-refractivity contribution in [1.29, 1.82) is 0 Å². The number of methoxy groups -OCH3 is 1. The number of hydrogen-bond donors (Lipinski definition) is 0. The zero-order valence-corrected chi connectivity index (χ0v) is 20.2. The van der Waals surface area contributed by atoms with Gasteiger partial charge in [0.2, 0.25) is 0 Å². The molecule has 0 aliphatic heterocycles. The third kappa shape index (κ3) is 4.45. The third-order valence-electron chi connectivity index (χ3n) is 4.00. The molecule has 1 aromatic carbocycles. The molecule has 0 aliphatic rings. The summed E-state index contributed by atoms with van der Waals surface area (Å²) in [6.45, 7) is 1.78. The molecule has 0 saturated carbocycles. The molecule has 0 fully saturated rings. The first-order valence-corrected chi connectivity index (χ1v) is 7.87. The number of benzene rings is 1. The van der Waals surface area contributed by atoms with Gasteiger partial charge in [-0.3, -0.25) is 9.59 Å². The van der Waals surface area contributed by atoms with Gasteiger partial charge in [-0.2, -0.15) is 0 Å². The molecule has 9 nitrogen and oxygen atoms in total. The van der Waals surface area contributed by atoms with Crippen molar-refractivity contribution in [3.63, 3.8) is 0 Å². The Balaban J connectivity index is 0.00000210. The molecule has 0 saturated heterocycles. The molecule has 2 aromatic heterocycles. The third-order valence-corrected chi connectivity index (χ3v) is 4.00. The van der Waals surface area contributed by atoms with Crippen LogP contribution in [0.5, 0.6) is 5.75 Å². The number of carboxylic acid groups (broad SMARTS) is 2. The minimum Gasteiger partial charge on any atom is -0.542 e. The summed E-state index contributed by atoms with van der Waals surface area (Å²) in [5, 5.41) is 22.0. The Labute approximate surface area is 207 Å². The van der Waals surface area contributed by atoms with E-state index >= 15 is 0 Å². The van der Waals surface area contributed by atoms with E-state index in [1.807, 2.05) is 0 Å². The topological polar surface area (TPSA) is 150 Å². The number of fused-ring (bicyclic) bond motifs is 2. The normalized spacial score (nSPS) is 10.3. The summed E-state index contributed by atoms with van der Waals surface area (Å²) in [5.74, 6) is -5.05. The van der Waals surface area contributed by atoms with E-state index in [2.05, 4.69) is 0 Å². The molecule has 0 bridgehead atoms. The van der Waals surface area contributed by atoms with Crippen LogP contribution >= 0.6 is 0 Å². The second-order valence-electron chi connectivity index (χ2n) is 5.69. The van der Waals surface area contributed by atoms with Crippen LogP contribution in [-0.2, 0) is 6.42 Å². The molecule has 3 rings (SSSR count). The molecule has 0 atom stereocenters. The minimum atomic E-state index is -1.71. The van der Waals surface area contributed by atoms with Gasteiger partial charge < -0.3 is 33.4 Å². The van der Waals surface area contributed by atoms with E-state index < -0.39 is 34.3 Å². The summed E-state index contributed by atoms with van der Waals surface area (Å²) in [7, 11) is 1.20. The number of carbonyl (C=O) groups excluding carboxylic acids is 2. The Kier molecular flexibility index (Phi) is 8.70. The zero-order chi connectivity index (χ0) is 19.9. The van der Waals surface area contributed by atoms with Crippen LogP contribution in [0.25, 0.3) is 21.9 Å². The molecule has 0 aliphatic carbocycles. The van der Waals surface area contributed by atoms with Gasteiger partial charge in [0.25, 0.3) is 0 Å². The summed E-state index contributed by atoms with van der Waals surface area (Å²) in [6.07, 6.45) is 0.699. The van der Waals surface area contributed by atoms with E-state index in [9.17, 15) is 29.4 Å². The SMILES string of the molecule is CCCc1c2oc(C(=O)[O-])cc(=O)c2c(OC)c2c(=O)cc(C(=O)[O-])oc12.[Na+].[Na+]. The molecule has 0 N–H and O–H groups in total. The molecule has 0 radical (unpaired) electrons. The van der Waals surface area contributed by atoms with Gasteiger partial charge in [0.1, 0.15) is 39.6 Å². The van der Waals surface area contributed by atoms with Gasteiger partial charge in [-0.05, 0) is 6.42 Å². The first-order chi connectivity index (χ1) is 12.8. The Morgan fingerprint density at radius 1 is 0.931 bits per heavy atom. The predicted molar refractivity (Wildman–Crippen MR) is 87.7 cm³/mol. The number of carboxylic acids is 2. The number of aromatic carboxylic acids is 2. The Morgan fingerprint density at radius 2 is 1.34 bits per heavy atom. The van der Waals surface area contributed by atoms with Gasteiger partial charge in [-0.1, -0.05) is 13.3 Å². The maximum Gasteiger partial charge on any atom is 1.00 e. The number of aryl methyl sites for hydroxylation is 1. The van der Waals surface area contributed by atoms with Crippen LogP contribution in [0.3, 0.4) is 0 Å². The van der Waals surface area contributed by atoms with Crippen molar-refractivity contribution in [1.82, 2.24) is 0 Å². The predicted octanol–water partition coefficient (Wildman–Crippen LogP) is -6.40. The van der Waals surface area contributed by atoms with Crippen LogP contribution in [0.15, 0.2) is 30.6 Å². The van der Waals surface area contributed by atoms with Crippen LogP contribution in [-0.4, -0.2) is 19.0 Å². The fourth-order valence-corrected chi connectivity index (χ4v) is 2.95. The molecule has 29 heavy (non-hydrogen) atoms. The first kappa shape index (κ1) is 25.4. The van der Waals surface area contributed by atoms with E-state index in [1.165, 1.54) is 7.11 Å². The molecule has 0 unspecified atom stereocenters. The zero-order valence-electron chi connectivity index (χ0n) is 16.2. The van der Waals surface area contributed by atoms with Crippen LogP contribution in [0, 0.1) is 0 Å². The van der Waals surface area contributed by atoms with Crippen LogP contribution < -0.4 is 84.9 Å². The minimum absolute atomic E-state index is 0. The van der Waals surface area contributed by atoms with E-state index in [4.69, 9.17) is 13.6 Å². The maximum absolute atomic E-state index is 12.5. The number of rotatable bonds is 5. The molecule has 11 heteroatoms. The second kappa shape index (κ2) is 9.92. The summed E-state index contributed by atoms with van der Waals surface area (Å²) >= 11 is 0. The van der Waals surface area contributed by atoms with E-state index in [0.717, 1.165) is 12.1 Å². The maximum atomic E-state index is 12.5. The van der Waals surface area contributed by atoms with Crippen molar-refractivity contribution >= 4 is 33.9 Å². The van der Waals surface area contributed by atoms with Crippen LogP contribution in [0.2, 0.25) is 0 Å². The van der Waals surface area contributed by atoms with Crippen molar-refractivity contribution in [2.45, 2.75) is 19.8 Å². The molecule has 2 heterocycles. The van der Waals surface area contributed by atoms with Gasteiger partial charge in [-0.25, -0.2) is 0 Å². The Hall–Kier alpha value is -1.62. The number of hydrogen-bond acceptors (Lipinski definition) is 9. The van der Waals surface area contributed by atoms with Crippen molar-refractivity contribution in [3.05, 3.63) is 49.7 Å². The van der Waals surface area contributed by atoms with Gasteiger partial charge >= 0.3 is 59.1 Å². The molecule has 0 spiro atoms. The number of carbonyl (C=O) groups is 2. The van der Waals surface area contributed by atoms with Gasteiger partial charge in [-0.15, -0.1) is 0 Å². The fraction of sp³-hybridized carbons (Fsp3) is 0.222. The van der Waals surface area contributed by atoms with Crippen LogP contribution in [0.1, 0.15) is 40.0 Å². The second-order valence-corrected chi connectivity index (χ2v) is 5.69. The molecule has 0 amide bonds. The average Bonchev–Trinajstić information content (AvgIpc) is 2.61. The smallest absolute Gasteiger partial charge is 0.542 e. The summed E-state index contributed by atoms with van der Waals surface area (Å²) in [5.41, 5.74) is -1.69. The summed E-state index contributed by atoms with van der Waals surface area (Å²) < 4.78 is 15.8. The Morgan fingerprint density at radius 3 is 1.66 bits per heavy atom. The van der Waals surface area contributed by atoms with Crippen molar-refractivity contribution < 1.29 is 92.5 Å². The van der Waals surface area contributed by atoms with Crippen molar-refractivity contribution in [2.75, 3.05) is 7.11 Å². The summed E-state index contributed by atoms with van der Waals surface area (Å²) in [4.78, 5) is 47.3. The van der Waals surface area contributed by atoms with E-state index in [0.29, 0.717) is 6.42 Å². The molecular formula is C18H12Na2O9. The standard InChI is InChI=1S/C18H14O9.2Na/c1-3-4-7-14-12(8(19)5-10(26-14)17(21)22)16(25-2)13-9(20)6-11(18(23)24)27-15(7)13;;/h5-6H,3-4H2,1-2H3,(H,21,22)(H,23,24);;/q;2*+1/p-2. The van der Waals surface area contributed by atoms with Gasteiger partial charge in [0.15, 0.2) is 22.4 Å². The first-order valence-electron chi connectivity index (χ1n) is 7.87. The van der Waals surface area contributed by atoms with Gasteiger partial charge in [0.05, 0.1) is 7.11 Å². The molecular weight excluding hydrogens is 406 g/mol. The van der Waals surface area contributed by atoms with Gasteiger partial charge in [0, 0.05) is 17.7 Å². The van der Waals surface area contributed by atoms with Crippen molar-refractivity contribution in [3.8, 4) is 5.75 Å². The molecule has 3 aromatic rings. The largest absolute Gasteiger partial charge is 1.00 e. The average molecular weight is 418 g/mol. The fourth-order valence-electron chi connectivity index (χ4n) is 2.95. The summed E-state index contributed by atoms with van der Waals surface area (Å²) in [6, 6.07) is 1.44. The van der Waals surface area contributed by atoms with E-state index in [1.54, 1.807) is 6.92 Å². The molecule has 140 valence electrons. The Bertz CT molecular complexity index is 1140. The number of ether oxygens (including phenoxy) is 1. The van der Waals surface area contributed by atoms with Crippen molar-refractivity contribution in [2.24, 2.45) is 0 Å². The van der Waals surface area contributed by atoms with E-state index in [-0.39, 0.29) is 98.8 Å².